The lowest BCUT2D eigenvalue weighted by Crippen LogP contribution is -2.29. The average Bonchev–Trinajstić information content (AvgIpc) is 3.20. The first kappa shape index (κ1) is 20.4. The van der Waals surface area contributed by atoms with Crippen LogP contribution in [0.3, 0.4) is 0 Å². The Morgan fingerprint density at radius 1 is 1.16 bits per heavy atom. The van der Waals surface area contributed by atoms with Gasteiger partial charge in [0.15, 0.2) is 0 Å². The van der Waals surface area contributed by atoms with E-state index in [4.69, 9.17) is 0 Å². The number of carbonyl (C=O) groups is 1. The van der Waals surface area contributed by atoms with Crippen LogP contribution in [-0.4, -0.2) is 44.1 Å². The number of rotatable bonds is 3. The average molecular weight is 431 g/mol. The van der Waals surface area contributed by atoms with Crippen LogP contribution in [0.15, 0.2) is 41.3 Å². The van der Waals surface area contributed by atoms with Crippen LogP contribution in [0.4, 0.5) is 5.82 Å². The summed E-state index contributed by atoms with van der Waals surface area (Å²) in [7, 11) is 3.77. The number of fused-ring (bicyclic) bond motifs is 2. The molecule has 1 aliphatic heterocycles. The van der Waals surface area contributed by atoms with Crippen molar-refractivity contribution >= 4 is 33.4 Å². The molecule has 1 aromatic carbocycles. The molecule has 0 bridgehead atoms. The summed E-state index contributed by atoms with van der Waals surface area (Å²) >= 11 is 0. The van der Waals surface area contributed by atoms with E-state index in [-0.39, 0.29) is 11.5 Å². The van der Waals surface area contributed by atoms with Crippen LogP contribution in [0.5, 0.6) is 0 Å². The Morgan fingerprint density at radius 3 is 2.81 bits per heavy atom. The molecule has 0 spiro atoms. The monoisotopic (exact) mass is 430 g/mol. The number of piperidine rings is 1. The van der Waals surface area contributed by atoms with Crippen molar-refractivity contribution < 1.29 is 4.79 Å². The SMILES string of the molecule is Cc1nn(C)c(=O)c2cc(C(=O)Nc3cc4[nH]c([C@H]5CCCCN5C)cc4cn3)ccc12. The van der Waals surface area contributed by atoms with Crippen LogP contribution >= 0.6 is 0 Å². The third-order valence-electron chi connectivity index (χ3n) is 6.39. The molecule has 4 heterocycles. The van der Waals surface area contributed by atoms with E-state index in [2.05, 4.69) is 38.4 Å². The van der Waals surface area contributed by atoms with Crippen LogP contribution in [0.2, 0.25) is 0 Å². The molecule has 164 valence electrons. The van der Waals surface area contributed by atoms with Crippen LogP contribution in [-0.2, 0) is 7.05 Å². The number of anilines is 1. The molecule has 0 saturated carbocycles. The first-order chi connectivity index (χ1) is 15.4. The lowest BCUT2D eigenvalue weighted by atomic mass is 10.0. The Balaban J connectivity index is 1.42. The fourth-order valence-electron chi connectivity index (χ4n) is 4.63. The summed E-state index contributed by atoms with van der Waals surface area (Å²) in [6.07, 6.45) is 5.38. The van der Waals surface area contributed by atoms with Crippen molar-refractivity contribution in [2.45, 2.75) is 32.2 Å². The molecule has 1 fully saturated rings. The Kier molecular flexibility index (Phi) is 5.01. The fraction of sp³-hybridized carbons (Fsp3) is 0.333. The first-order valence-corrected chi connectivity index (χ1v) is 10.9. The third-order valence-corrected chi connectivity index (χ3v) is 6.39. The van der Waals surface area contributed by atoms with Gasteiger partial charge in [-0.3, -0.25) is 14.5 Å². The highest BCUT2D eigenvalue weighted by Gasteiger charge is 2.22. The zero-order chi connectivity index (χ0) is 22.4. The predicted molar refractivity (Wildman–Crippen MR) is 125 cm³/mol. The number of benzene rings is 1. The maximum Gasteiger partial charge on any atom is 0.274 e. The molecule has 32 heavy (non-hydrogen) atoms. The van der Waals surface area contributed by atoms with Gasteiger partial charge < -0.3 is 10.3 Å². The molecular weight excluding hydrogens is 404 g/mol. The quantitative estimate of drug-likeness (QED) is 0.518. The summed E-state index contributed by atoms with van der Waals surface area (Å²) in [5.41, 5.74) is 3.04. The van der Waals surface area contributed by atoms with Crippen molar-refractivity contribution in [1.82, 2.24) is 24.6 Å². The molecule has 1 amide bonds. The molecular formula is C24H26N6O2. The molecule has 3 aromatic heterocycles. The largest absolute Gasteiger partial charge is 0.357 e. The van der Waals surface area contributed by atoms with Crippen molar-refractivity contribution in [3.05, 3.63) is 63.8 Å². The van der Waals surface area contributed by atoms with Gasteiger partial charge in [0.1, 0.15) is 5.82 Å². The Morgan fingerprint density at radius 2 is 2.00 bits per heavy atom. The van der Waals surface area contributed by atoms with Crippen molar-refractivity contribution in [2.24, 2.45) is 7.05 Å². The summed E-state index contributed by atoms with van der Waals surface area (Å²) in [6, 6.07) is 9.47. The predicted octanol–water partition coefficient (Wildman–Crippen LogP) is 3.53. The number of H-pyrrole nitrogens is 1. The van der Waals surface area contributed by atoms with Crippen LogP contribution in [0.1, 0.15) is 47.1 Å². The maximum absolute atomic E-state index is 12.9. The molecule has 1 saturated heterocycles. The molecule has 1 aliphatic rings. The van der Waals surface area contributed by atoms with Crippen molar-refractivity contribution in [1.29, 1.82) is 0 Å². The van der Waals surface area contributed by atoms with Gasteiger partial charge in [-0.1, -0.05) is 12.5 Å². The minimum Gasteiger partial charge on any atom is -0.357 e. The summed E-state index contributed by atoms with van der Waals surface area (Å²) in [6.45, 7) is 2.94. The minimum atomic E-state index is -0.311. The lowest BCUT2D eigenvalue weighted by Gasteiger charge is -2.31. The molecule has 8 nitrogen and oxygen atoms in total. The molecule has 1 atom stereocenters. The first-order valence-electron chi connectivity index (χ1n) is 10.9. The highest BCUT2D eigenvalue weighted by molar-refractivity contribution is 6.06. The van der Waals surface area contributed by atoms with Gasteiger partial charge in [0, 0.05) is 47.4 Å². The number of pyridine rings is 1. The molecule has 0 aliphatic carbocycles. The van der Waals surface area contributed by atoms with Crippen LogP contribution < -0.4 is 10.9 Å². The summed E-state index contributed by atoms with van der Waals surface area (Å²) in [4.78, 5) is 35.6. The number of nitrogens with one attached hydrogen (secondary N) is 2. The lowest BCUT2D eigenvalue weighted by molar-refractivity contribution is 0.102. The number of carbonyl (C=O) groups excluding carboxylic acids is 1. The van der Waals surface area contributed by atoms with Crippen molar-refractivity contribution in [3.8, 4) is 0 Å². The Labute approximate surface area is 185 Å². The zero-order valence-corrected chi connectivity index (χ0v) is 18.5. The van der Waals surface area contributed by atoms with E-state index in [1.807, 2.05) is 13.0 Å². The van der Waals surface area contributed by atoms with Gasteiger partial charge in [0.25, 0.3) is 11.5 Å². The highest BCUT2D eigenvalue weighted by atomic mass is 16.2. The molecule has 4 aromatic rings. The third kappa shape index (κ3) is 3.56. The standard InChI is InChI=1S/C24H26N6O2/c1-14-17-8-7-15(10-18(17)24(32)30(3)28-14)23(31)27-22-12-19-16(13-25-22)11-20(26-19)21-6-4-5-9-29(21)2/h7-8,10-13,21,26H,4-6,9H2,1-3H3,(H,25,27,31)/t21-/m1/s1. The van der Waals surface area contributed by atoms with Gasteiger partial charge in [-0.15, -0.1) is 0 Å². The minimum absolute atomic E-state index is 0.230. The Hall–Kier alpha value is -3.52. The summed E-state index contributed by atoms with van der Waals surface area (Å²) < 4.78 is 1.29. The number of aryl methyl sites for hydroxylation is 2. The Bertz CT molecular complexity index is 1400. The number of amides is 1. The second-order valence-corrected chi connectivity index (χ2v) is 8.60. The van der Waals surface area contributed by atoms with E-state index in [9.17, 15) is 9.59 Å². The number of likely N-dealkylation sites (tertiary alicyclic amines) is 1. The summed E-state index contributed by atoms with van der Waals surface area (Å²) in [5.74, 6) is 0.154. The van der Waals surface area contributed by atoms with Gasteiger partial charge in [-0.05, 0) is 51.6 Å². The normalized spacial score (nSPS) is 17.2. The smallest absolute Gasteiger partial charge is 0.274 e. The number of aromatic amines is 1. The van der Waals surface area contributed by atoms with Crippen molar-refractivity contribution in [2.75, 3.05) is 18.9 Å². The van der Waals surface area contributed by atoms with Gasteiger partial charge in [-0.2, -0.15) is 5.10 Å². The number of hydrogen-bond acceptors (Lipinski definition) is 5. The van der Waals surface area contributed by atoms with Crippen LogP contribution in [0, 0.1) is 6.92 Å². The molecule has 5 rings (SSSR count). The van der Waals surface area contributed by atoms with Crippen LogP contribution in [0.25, 0.3) is 21.7 Å². The van der Waals surface area contributed by atoms with E-state index >= 15 is 0 Å². The second kappa shape index (κ2) is 7.87. The topological polar surface area (TPSA) is 95.9 Å². The van der Waals surface area contributed by atoms with Gasteiger partial charge >= 0.3 is 0 Å². The van der Waals surface area contributed by atoms with Crippen molar-refractivity contribution in [3.63, 3.8) is 0 Å². The van der Waals surface area contributed by atoms with E-state index in [1.54, 1.807) is 31.4 Å². The van der Waals surface area contributed by atoms with E-state index in [1.165, 1.54) is 23.2 Å². The highest BCUT2D eigenvalue weighted by Crippen LogP contribution is 2.31. The van der Waals surface area contributed by atoms with Gasteiger partial charge in [0.2, 0.25) is 0 Å². The molecule has 2 N–H and O–H groups in total. The molecule has 0 radical (unpaired) electrons. The van der Waals surface area contributed by atoms with Gasteiger partial charge in [0.05, 0.1) is 16.6 Å². The zero-order valence-electron chi connectivity index (χ0n) is 18.5. The number of aromatic nitrogens is 4. The molecule has 0 unspecified atom stereocenters. The van der Waals surface area contributed by atoms with Gasteiger partial charge in [-0.25, -0.2) is 9.67 Å². The van der Waals surface area contributed by atoms with E-state index < -0.39 is 0 Å². The number of nitrogens with zero attached hydrogens (tertiary/aromatic N) is 4. The van der Waals surface area contributed by atoms with E-state index in [0.717, 1.165) is 34.9 Å². The van der Waals surface area contributed by atoms with E-state index in [0.29, 0.717) is 22.8 Å². The maximum atomic E-state index is 12.9. The summed E-state index contributed by atoms with van der Waals surface area (Å²) in [5, 5.41) is 9.30. The fourth-order valence-corrected chi connectivity index (χ4v) is 4.63. The molecule has 8 heteroatoms. The second-order valence-electron chi connectivity index (χ2n) is 8.60. The number of hydrogen-bond donors (Lipinski definition) is 2.